The van der Waals surface area contributed by atoms with Crippen LogP contribution in [0.5, 0.6) is 0 Å². The van der Waals surface area contributed by atoms with Crippen LogP contribution in [0.2, 0.25) is 5.02 Å². The lowest BCUT2D eigenvalue weighted by Gasteiger charge is -2.38. The quantitative estimate of drug-likeness (QED) is 0.537. The van der Waals surface area contributed by atoms with Gasteiger partial charge < -0.3 is 24.5 Å². The Balaban J connectivity index is 1.80. The van der Waals surface area contributed by atoms with E-state index in [9.17, 15) is 32.9 Å². The molecule has 0 aliphatic carbocycles. The number of nitrogens with zero attached hydrogens (tertiary/aromatic N) is 4. The summed E-state index contributed by atoms with van der Waals surface area (Å²) >= 11 is 5.82. The summed E-state index contributed by atoms with van der Waals surface area (Å²) in [5.74, 6) is -0.693. The van der Waals surface area contributed by atoms with E-state index in [1.165, 1.54) is 4.90 Å². The summed E-state index contributed by atoms with van der Waals surface area (Å²) in [6.07, 6.45) is -9.89. The third-order valence-electron chi connectivity index (χ3n) is 5.14. The van der Waals surface area contributed by atoms with E-state index in [2.05, 4.69) is 0 Å². The van der Waals surface area contributed by atoms with Gasteiger partial charge in [-0.05, 0) is 19.1 Å². The first-order valence-corrected chi connectivity index (χ1v) is 9.49. The maximum absolute atomic E-state index is 13.6. The molecule has 2 fully saturated rings. The minimum atomic E-state index is -4.85. The molecule has 10 nitrogen and oxygen atoms in total. The SMILES string of the molecule is CC1CN(C(=O)C2CN(c3ccc([N+](=O)[O-])c(Cl)c3)C(C(F)(F)F)O2)CCN1C(=O)O. The monoisotopic (exact) mass is 466 g/mol. The van der Waals surface area contributed by atoms with E-state index in [0.29, 0.717) is 0 Å². The molecule has 3 unspecified atom stereocenters. The zero-order chi connectivity index (χ0) is 23.1. The number of hydrogen-bond acceptors (Lipinski definition) is 6. The number of carbonyl (C=O) groups is 2. The van der Waals surface area contributed by atoms with Crippen LogP contribution >= 0.6 is 11.6 Å². The number of nitro benzene ring substituents is 1. The number of ether oxygens (including phenoxy) is 1. The molecule has 14 heteroatoms. The normalized spacial score (nSPS) is 24.4. The number of amides is 2. The molecule has 2 saturated heterocycles. The summed E-state index contributed by atoms with van der Waals surface area (Å²) < 4.78 is 45.8. The lowest BCUT2D eigenvalue weighted by atomic mass is 10.1. The van der Waals surface area contributed by atoms with Gasteiger partial charge in [0.25, 0.3) is 11.6 Å². The standard InChI is InChI=1S/C17H18ClF3N4O6/c1-9-7-22(4-5-23(9)16(27)28)14(26)13-8-24(15(31-13)17(19,20)21)10-2-3-12(25(29)30)11(18)6-10/h2-3,6,9,13,15H,4-5,7-8H2,1H3,(H,27,28). The molecule has 0 spiro atoms. The van der Waals surface area contributed by atoms with Crippen LogP contribution < -0.4 is 4.90 Å². The van der Waals surface area contributed by atoms with Gasteiger partial charge in [0.05, 0.1) is 11.5 Å². The first-order chi connectivity index (χ1) is 14.4. The fraction of sp³-hybridized carbons (Fsp3) is 0.529. The van der Waals surface area contributed by atoms with Crippen molar-refractivity contribution >= 4 is 35.0 Å². The minimum absolute atomic E-state index is 0.0189. The molecular formula is C17H18ClF3N4O6. The Morgan fingerprint density at radius 1 is 1.29 bits per heavy atom. The lowest BCUT2D eigenvalue weighted by Crippen LogP contribution is -2.57. The molecule has 2 heterocycles. The third kappa shape index (κ3) is 4.61. The maximum atomic E-state index is 13.6. The van der Waals surface area contributed by atoms with Crippen LogP contribution in [0.4, 0.5) is 29.3 Å². The van der Waals surface area contributed by atoms with Crippen molar-refractivity contribution in [1.29, 1.82) is 0 Å². The number of anilines is 1. The van der Waals surface area contributed by atoms with Crippen molar-refractivity contribution in [3.05, 3.63) is 33.3 Å². The summed E-state index contributed by atoms with van der Waals surface area (Å²) in [6, 6.07) is 2.57. The Hall–Kier alpha value is -2.80. The molecule has 2 amide bonds. The predicted molar refractivity (Wildman–Crippen MR) is 101 cm³/mol. The highest BCUT2D eigenvalue weighted by Crippen LogP contribution is 2.38. The second-order valence-electron chi connectivity index (χ2n) is 7.17. The molecule has 0 aromatic heterocycles. The van der Waals surface area contributed by atoms with E-state index in [1.54, 1.807) is 6.92 Å². The second kappa shape index (κ2) is 8.38. The number of carboxylic acid groups (broad SMARTS) is 1. The number of hydrogen-bond donors (Lipinski definition) is 1. The van der Waals surface area contributed by atoms with Crippen molar-refractivity contribution in [3.8, 4) is 0 Å². The second-order valence-corrected chi connectivity index (χ2v) is 7.58. The van der Waals surface area contributed by atoms with Gasteiger partial charge in [0, 0.05) is 37.4 Å². The molecule has 3 atom stereocenters. The molecule has 1 N–H and O–H groups in total. The number of nitro groups is 1. The highest BCUT2D eigenvalue weighted by molar-refractivity contribution is 6.32. The van der Waals surface area contributed by atoms with Crippen molar-refractivity contribution in [1.82, 2.24) is 9.80 Å². The molecular weight excluding hydrogens is 449 g/mol. The molecule has 1 aromatic rings. The van der Waals surface area contributed by atoms with Crippen LogP contribution in [0, 0.1) is 10.1 Å². The molecule has 0 radical (unpaired) electrons. The average molecular weight is 467 g/mol. The van der Waals surface area contributed by atoms with Gasteiger partial charge in [0.15, 0.2) is 6.10 Å². The van der Waals surface area contributed by atoms with E-state index in [1.807, 2.05) is 0 Å². The highest BCUT2D eigenvalue weighted by atomic mass is 35.5. The summed E-state index contributed by atoms with van der Waals surface area (Å²) in [7, 11) is 0. The van der Waals surface area contributed by atoms with Gasteiger partial charge in [0.1, 0.15) is 5.02 Å². The van der Waals surface area contributed by atoms with E-state index < -0.39 is 53.7 Å². The van der Waals surface area contributed by atoms with Crippen molar-refractivity contribution in [3.63, 3.8) is 0 Å². The van der Waals surface area contributed by atoms with Gasteiger partial charge in [-0.15, -0.1) is 0 Å². The number of alkyl halides is 3. The average Bonchev–Trinajstić information content (AvgIpc) is 3.12. The maximum Gasteiger partial charge on any atom is 0.433 e. The summed E-state index contributed by atoms with van der Waals surface area (Å²) in [5, 5.41) is 19.7. The van der Waals surface area contributed by atoms with Crippen LogP contribution in [0.25, 0.3) is 0 Å². The molecule has 0 bridgehead atoms. The van der Waals surface area contributed by atoms with Crippen LogP contribution in [0.3, 0.4) is 0 Å². The molecule has 3 rings (SSSR count). The Morgan fingerprint density at radius 3 is 2.48 bits per heavy atom. The first kappa shape index (κ1) is 22.9. The molecule has 31 heavy (non-hydrogen) atoms. The Bertz CT molecular complexity index is 901. The van der Waals surface area contributed by atoms with Gasteiger partial charge in [-0.2, -0.15) is 13.2 Å². The molecule has 0 saturated carbocycles. The highest BCUT2D eigenvalue weighted by Gasteiger charge is 2.53. The van der Waals surface area contributed by atoms with E-state index in [0.717, 1.165) is 28.0 Å². The van der Waals surface area contributed by atoms with Crippen LogP contribution in [0.1, 0.15) is 6.92 Å². The Morgan fingerprint density at radius 2 is 1.97 bits per heavy atom. The summed E-state index contributed by atoms with van der Waals surface area (Å²) in [5.41, 5.74) is -0.552. The van der Waals surface area contributed by atoms with E-state index in [4.69, 9.17) is 21.4 Å². The molecule has 2 aliphatic heterocycles. The van der Waals surface area contributed by atoms with E-state index >= 15 is 0 Å². The van der Waals surface area contributed by atoms with Gasteiger partial charge >= 0.3 is 12.3 Å². The van der Waals surface area contributed by atoms with Crippen molar-refractivity contribution < 1.29 is 37.5 Å². The Labute approximate surface area is 178 Å². The fourth-order valence-corrected chi connectivity index (χ4v) is 3.89. The van der Waals surface area contributed by atoms with Crippen LogP contribution in [-0.2, 0) is 9.53 Å². The molecule has 170 valence electrons. The van der Waals surface area contributed by atoms with Crippen molar-refractivity contribution in [2.45, 2.75) is 31.5 Å². The summed E-state index contributed by atoms with van der Waals surface area (Å²) in [4.78, 5) is 37.3. The van der Waals surface area contributed by atoms with Gasteiger partial charge in [-0.25, -0.2) is 4.79 Å². The fourth-order valence-electron chi connectivity index (χ4n) is 3.65. The third-order valence-corrected chi connectivity index (χ3v) is 5.44. The van der Waals surface area contributed by atoms with Crippen LogP contribution in [0.15, 0.2) is 18.2 Å². The Kier molecular flexibility index (Phi) is 6.18. The smallest absolute Gasteiger partial charge is 0.433 e. The van der Waals surface area contributed by atoms with Crippen LogP contribution in [-0.4, -0.2) is 82.6 Å². The lowest BCUT2D eigenvalue weighted by molar-refractivity contribution is -0.384. The predicted octanol–water partition coefficient (Wildman–Crippen LogP) is 2.55. The van der Waals surface area contributed by atoms with E-state index in [-0.39, 0.29) is 30.3 Å². The number of halogens is 4. The van der Waals surface area contributed by atoms with Crippen molar-refractivity contribution in [2.24, 2.45) is 0 Å². The zero-order valence-electron chi connectivity index (χ0n) is 16.1. The zero-order valence-corrected chi connectivity index (χ0v) is 16.8. The molecule has 2 aliphatic rings. The molecule has 1 aromatic carbocycles. The topological polar surface area (TPSA) is 116 Å². The van der Waals surface area contributed by atoms with Gasteiger partial charge in [-0.1, -0.05) is 11.6 Å². The minimum Gasteiger partial charge on any atom is -0.465 e. The van der Waals surface area contributed by atoms with Gasteiger partial charge in [-0.3, -0.25) is 14.9 Å². The van der Waals surface area contributed by atoms with Crippen molar-refractivity contribution in [2.75, 3.05) is 31.1 Å². The first-order valence-electron chi connectivity index (χ1n) is 9.11. The number of benzene rings is 1. The van der Waals surface area contributed by atoms with Gasteiger partial charge in [0.2, 0.25) is 6.23 Å². The number of carbonyl (C=O) groups excluding carboxylic acids is 1. The largest absolute Gasteiger partial charge is 0.465 e. The number of piperazine rings is 1. The number of rotatable bonds is 3. The summed E-state index contributed by atoms with van der Waals surface area (Å²) in [6.45, 7) is 1.21.